The normalized spacial score (nSPS) is 11.2. The lowest BCUT2D eigenvalue weighted by Crippen LogP contribution is -2.09. The maximum absolute atomic E-state index is 11.9. The van der Waals surface area contributed by atoms with Crippen molar-refractivity contribution >= 4 is 29.4 Å². The molecule has 0 radical (unpaired) electrons. The van der Waals surface area contributed by atoms with Gasteiger partial charge in [-0.25, -0.2) is 0 Å². The Morgan fingerprint density at radius 2 is 1.89 bits per heavy atom. The minimum atomic E-state index is -0.495. The van der Waals surface area contributed by atoms with Crippen molar-refractivity contribution in [2.75, 3.05) is 0 Å². The Bertz CT molecular complexity index is 475. The first-order valence-corrected chi connectivity index (χ1v) is 6.59. The summed E-state index contributed by atoms with van der Waals surface area (Å²) in [6, 6.07) is 6.96. The highest BCUT2D eigenvalue weighted by molar-refractivity contribution is 6.30. The number of hydrogen-bond donors (Lipinski definition) is 0. The quantitative estimate of drug-likeness (QED) is 0.449. The summed E-state index contributed by atoms with van der Waals surface area (Å²) in [5, 5.41) is 0.614. The summed E-state index contributed by atoms with van der Waals surface area (Å²) in [5.41, 5.74) is 0.769. The molecule has 0 atom stereocenters. The van der Waals surface area contributed by atoms with Crippen LogP contribution in [0.5, 0.6) is 0 Å². The molecule has 0 aliphatic rings. The van der Waals surface area contributed by atoms with Gasteiger partial charge in [0.05, 0.1) is 0 Å². The highest BCUT2D eigenvalue weighted by Gasteiger charge is 2.13. The van der Waals surface area contributed by atoms with Gasteiger partial charge in [-0.3, -0.25) is 9.59 Å². The number of ketones is 1. The number of allylic oxidation sites excluding steroid dienone is 1. The van der Waals surface area contributed by atoms with Crippen molar-refractivity contribution in [1.82, 2.24) is 0 Å². The van der Waals surface area contributed by atoms with Crippen molar-refractivity contribution in [3.8, 4) is 0 Å². The van der Waals surface area contributed by atoms with Gasteiger partial charge in [0, 0.05) is 18.4 Å². The number of hydrogen-bond acceptors (Lipinski definition) is 3. The lowest BCUT2D eigenvalue weighted by molar-refractivity contribution is -0.140. The molecule has 19 heavy (non-hydrogen) atoms. The monoisotopic (exact) mass is 280 g/mol. The molecule has 1 aromatic carbocycles. The van der Waals surface area contributed by atoms with Gasteiger partial charge in [-0.15, -0.1) is 0 Å². The summed E-state index contributed by atoms with van der Waals surface area (Å²) in [4.78, 5) is 23.0. The van der Waals surface area contributed by atoms with Crippen LogP contribution >= 0.6 is 11.6 Å². The molecule has 102 valence electrons. The highest BCUT2D eigenvalue weighted by Crippen LogP contribution is 2.15. The minimum Gasteiger partial charge on any atom is -0.423 e. The fourth-order valence-electron chi connectivity index (χ4n) is 1.49. The zero-order valence-corrected chi connectivity index (χ0v) is 11.9. The topological polar surface area (TPSA) is 43.4 Å². The molecular formula is C15H17ClO3. The fraction of sp³-hybridized carbons (Fsp3) is 0.333. The second-order valence-electron chi connectivity index (χ2n) is 4.18. The van der Waals surface area contributed by atoms with Crippen LogP contribution in [0.4, 0.5) is 0 Å². The fourth-order valence-corrected chi connectivity index (χ4v) is 1.62. The second-order valence-corrected chi connectivity index (χ2v) is 4.62. The van der Waals surface area contributed by atoms with Crippen molar-refractivity contribution in [2.24, 2.45) is 0 Å². The van der Waals surface area contributed by atoms with Crippen molar-refractivity contribution in [3.05, 3.63) is 40.6 Å². The predicted octanol–water partition coefficient (Wildman–Crippen LogP) is 4.00. The lowest BCUT2D eigenvalue weighted by atomic mass is 10.1. The first kappa shape index (κ1) is 15.4. The number of unbranched alkanes of at least 4 members (excludes halogenated alkanes) is 1. The van der Waals surface area contributed by atoms with E-state index in [1.165, 1.54) is 6.92 Å². The third-order valence-corrected chi connectivity index (χ3v) is 2.71. The van der Waals surface area contributed by atoms with Gasteiger partial charge in [0.2, 0.25) is 0 Å². The van der Waals surface area contributed by atoms with Gasteiger partial charge in [-0.1, -0.05) is 37.1 Å². The van der Waals surface area contributed by atoms with E-state index in [1.807, 2.05) is 6.92 Å². The molecule has 1 rings (SSSR count). The van der Waals surface area contributed by atoms with Crippen LogP contribution in [0.25, 0.3) is 6.08 Å². The maximum atomic E-state index is 11.9. The molecule has 0 spiro atoms. The molecular weight excluding hydrogens is 264 g/mol. The van der Waals surface area contributed by atoms with Crippen molar-refractivity contribution < 1.29 is 14.3 Å². The molecule has 0 aliphatic heterocycles. The Morgan fingerprint density at radius 3 is 2.42 bits per heavy atom. The van der Waals surface area contributed by atoms with Crippen molar-refractivity contribution in [2.45, 2.75) is 33.1 Å². The van der Waals surface area contributed by atoms with Gasteiger partial charge in [0.15, 0.2) is 11.5 Å². The van der Waals surface area contributed by atoms with E-state index in [1.54, 1.807) is 30.3 Å². The van der Waals surface area contributed by atoms with Crippen LogP contribution in [-0.2, 0) is 14.3 Å². The summed E-state index contributed by atoms with van der Waals surface area (Å²) in [7, 11) is 0. The molecule has 1 aromatic rings. The smallest absolute Gasteiger partial charge is 0.308 e. The largest absolute Gasteiger partial charge is 0.423 e. The molecule has 0 aromatic heterocycles. The van der Waals surface area contributed by atoms with Gasteiger partial charge in [0.1, 0.15) is 0 Å². The molecule has 0 bridgehead atoms. The number of halogens is 1. The van der Waals surface area contributed by atoms with Crippen LogP contribution in [-0.4, -0.2) is 11.8 Å². The molecule has 0 saturated carbocycles. The number of ether oxygens (including phenoxy) is 1. The summed E-state index contributed by atoms with van der Waals surface area (Å²) in [6.07, 6.45) is 3.64. The average Bonchev–Trinajstić information content (AvgIpc) is 2.37. The average molecular weight is 281 g/mol. The molecule has 3 nitrogen and oxygen atoms in total. The molecule has 0 heterocycles. The molecule has 4 heteroatoms. The van der Waals surface area contributed by atoms with Crippen molar-refractivity contribution in [1.29, 1.82) is 0 Å². The van der Waals surface area contributed by atoms with Crippen molar-refractivity contribution in [3.63, 3.8) is 0 Å². The molecule has 0 saturated heterocycles. The number of carbonyl (C=O) groups excluding carboxylic acids is 2. The Kier molecular flexibility index (Phi) is 6.30. The molecule has 0 unspecified atom stereocenters. The van der Waals surface area contributed by atoms with Crippen LogP contribution in [0.3, 0.4) is 0 Å². The Hall–Kier alpha value is -1.61. The Morgan fingerprint density at radius 1 is 1.26 bits per heavy atom. The summed E-state index contributed by atoms with van der Waals surface area (Å²) < 4.78 is 4.98. The second kappa shape index (κ2) is 7.74. The first-order valence-electron chi connectivity index (χ1n) is 6.21. The summed E-state index contributed by atoms with van der Waals surface area (Å²) >= 11 is 5.79. The Balaban J connectivity index is 2.91. The van der Waals surface area contributed by atoms with E-state index in [0.29, 0.717) is 11.4 Å². The van der Waals surface area contributed by atoms with Gasteiger partial charge in [0.25, 0.3) is 0 Å². The van der Waals surface area contributed by atoms with Crippen LogP contribution in [0, 0.1) is 0 Å². The van der Waals surface area contributed by atoms with Gasteiger partial charge in [-0.05, 0) is 30.2 Å². The zero-order valence-electron chi connectivity index (χ0n) is 11.1. The van der Waals surface area contributed by atoms with Gasteiger partial charge < -0.3 is 4.74 Å². The van der Waals surface area contributed by atoms with Crippen LogP contribution in [0.2, 0.25) is 5.02 Å². The number of rotatable bonds is 6. The number of benzene rings is 1. The van der Waals surface area contributed by atoms with Crippen LogP contribution in [0.1, 0.15) is 38.7 Å². The minimum absolute atomic E-state index is 0.0864. The van der Waals surface area contributed by atoms with Gasteiger partial charge >= 0.3 is 5.97 Å². The third kappa shape index (κ3) is 5.71. The molecule has 0 amide bonds. The Labute approximate surface area is 118 Å². The maximum Gasteiger partial charge on any atom is 0.308 e. The number of esters is 1. The van der Waals surface area contributed by atoms with E-state index in [0.717, 1.165) is 18.4 Å². The SMILES string of the molecule is CCCCC(=O)/C(=C/c1ccc(Cl)cc1)OC(C)=O. The van der Waals surface area contributed by atoms with E-state index < -0.39 is 5.97 Å². The lowest BCUT2D eigenvalue weighted by Gasteiger charge is -2.06. The third-order valence-electron chi connectivity index (χ3n) is 2.45. The van der Waals surface area contributed by atoms with E-state index >= 15 is 0 Å². The highest BCUT2D eigenvalue weighted by atomic mass is 35.5. The zero-order chi connectivity index (χ0) is 14.3. The van der Waals surface area contributed by atoms with Crippen LogP contribution < -0.4 is 0 Å². The van der Waals surface area contributed by atoms with E-state index in [4.69, 9.17) is 16.3 Å². The summed E-state index contributed by atoms with van der Waals surface area (Å²) in [5.74, 6) is -0.569. The summed E-state index contributed by atoms with van der Waals surface area (Å²) in [6.45, 7) is 3.28. The first-order chi connectivity index (χ1) is 9.02. The molecule has 0 fully saturated rings. The van der Waals surface area contributed by atoms with E-state index in [-0.39, 0.29) is 11.5 Å². The standard InChI is InChI=1S/C15H17ClO3/c1-3-4-5-14(18)15(19-11(2)17)10-12-6-8-13(16)9-7-12/h6-10H,3-5H2,1-2H3/b15-10-. The number of carbonyl (C=O) groups is 2. The predicted molar refractivity (Wildman–Crippen MR) is 75.7 cm³/mol. The van der Waals surface area contributed by atoms with Crippen LogP contribution in [0.15, 0.2) is 30.0 Å². The van der Waals surface area contributed by atoms with E-state index in [9.17, 15) is 9.59 Å². The molecule has 0 aliphatic carbocycles. The number of Topliss-reactive ketones (excluding diaryl/α,β-unsaturated/α-hetero) is 1. The van der Waals surface area contributed by atoms with E-state index in [2.05, 4.69) is 0 Å². The molecule has 0 N–H and O–H groups in total. The van der Waals surface area contributed by atoms with Gasteiger partial charge in [-0.2, -0.15) is 0 Å².